The minimum atomic E-state index is -0.371. The van der Waals surface area contributed by atoms with Crippen molar-refractivity contribution in [1.82, 2.24) is 9.78 Å². The largest absolute Gasteiger partial charge is 0.459 e. The van der Waals surface area contributed by atoms with Gasteiger partial charge in [0.2, 0.25) is 0 Å². The predicted octanol–water partition coefficient (Wildman–Crippen LogP) is 4.68. The normalized spacial score (nSPS) is 10.6. The van der Waals surface area contributed by atoms with E-state index in [1.807, 2.05) is 24.3 Å². The fourth-order valence-electron chi connectivity index (χ4n) is 2.85. The summed E-state index contributed by atoms with van der Waals surface area (Å²) in [5.74, 6) is -0.477. The highest BCUT2D eigenvalue weighted by Gasteiger charge is 2.12. The molecule has 150 valence electrons. The summed E-state index contributed by atoms with van der Waals surface area (Å²) >= 11 is 6.18. The Kier molecular flexibility index (Phi) is 5.63. The maximum Gasteiger partial charge on any atom is 0.291 e. The SMILES string of the molecule is O=C(Nc1cccc(NC(=O)c2ccco2)c1)c1cnn(Cc2ccccc2Cl)c1. The predicted molar refractivity (Wildman–Crippen MR) is 114 cm³/mol. The number of halogens is 1. The molecule has 0 radical (unpaired) electrons. The topological polar surface area (TPSA) is 89.2 Å². The van der Waals surface area contributed by atoms with Gasteiger partial charge in [0.15, 0.2) is 5.76 Å². The van der Waals surface area contributed by atoms with Gasteiger partial charge in [0.05, 0.1) is 24.6 Å². The van der Waals surface area contributed by atoms with Gasteiger partial charge in [-0.1, -0.05) is 35.9 Å². The van der Waals surface area contributed by atoms with Crippen LogP contribution in [0.25, 0.3) is 0 Å². The summed E-state index contributed by atoms with van der Waals surface area (Å²) < 4.78 is 6.72. The molecule has 0 bridgehead atoms. The second-order valence-corrected chi connectivity index (χ2v) is 6.89. The molecule has 0 aliphatic carbocycles. The maximum atomic E-state index is 12.6. The molecule has 0 spiro atoms. The zero-order valence-electron chi connectivity index (χ0n) is 15.7. The average Bonchev–Trinajstić information content (AvgIpc) is 3.42. The van der Waals surface area contributed by atoms with Gasteiger partial charge >= 0.3 is 0 Å². The molecule has 7 nitrogen and oxygen atoms in total. The molecule has 0 fully saturated rings. The zero-order valence-corrected chi connectivity index (χ0v) is 16.5. The van der Waals surface area contributed by atoms with Crippen LogP contribution < -0.4 is 10.6 Å². The van der Waals surface area contributed by atoms with Gasteiger partial charge in [-0.2, -0.15) is 5.10 Å². The molecular formula is C22H17ClN4O3. The van der Waals surface area contributed by atoms with Crippen LogP contribution in [0.4, 0.5) is 11.4 Å². The van der Waals surface area contributed by atoms with E-state index in [1.165, 1.54) is 12.5 Å². The zero-order chi connectivity index (χ0) is 20.9. The van der Waals surface area contributed by atoms with E-state index in [1.54, 1.807) is 47.3 Å². The fourth-order valence-corrected chi connectivity index (χ4v) is 3.04. The Morgan fingerprint density at radius 1 is 0.967 bits per heavy atom. The lowest BCUT2D eigenvalue weighted by Gasteiger charge is -2.07. The number of nitrogens with zero attached hydrogens (tertiary/aromatic N) is 2. The van der Waals surface area contributed by atoms with Crippen LogP contribution in [-0.4, -0.2) is 21.6 Å². The minimum Gasteiger partial charge on any atom is -0.459 e. The van der Waals surface area contributed by atoms with Gasteiger partial charge in [0, 0.05) is 22.6 Å². The number of hydrogen-bond donors (Lipinski definition) is 2. The number of aromatic nitrogens is 2. The molecule has 0 saturated carbocycles. The molecule has 30 heavy (non-hydrogen) atoms. The van der Waals surface area contributed by atoms with E-state index in [4.69, 9.17) is 16.0 Å². The Morgan fingerprint density at radius 3 is 2.47 bits per heavy atom. The van der Waals surface area contributed by atoms with Gasteiger partial charge in [-0.3, -0.25) is 14.3 Å². The van der Waals surface area contributed by atoms with E-state index < -0.39 is 0 Å². The van der Waals surface area contributed by atoms with Gasteiger partial charge in [-0.15, -0.1) is 0 Å². The summed E-state index contributed by atoms with van der Waals surface area (Å²) in [5.41, 5.74) is 2.39. The molecule has 0 atom stereocenters. The molecule has 2 heterocycles. The van der Waals surface area contributed by atoms with E-state index in [0.717, 1.165) is 5.56 Å². The molecule has 0 aliphatic rings. The van der Waals surface area contributed by atoms with Crippen molar-refractivity contribution in [1.29, 1.82) is 0 Å². The van der Waals surface area contributed by atoms with E-state index in [9.17, 15) is 9.59 Å². The van der Waals surface area contributed by atoms with Gasteiger partial charge in [-0.05, 0) is 42.0 Å². The standard InChI is InChI=1S/C22H17ClN4O3/c23-19-8-2-1-5-15(19)13-27-14-16(12-24-27)21(28)25-17-6-3-7-18(11-17)26-22(29)20-9-4-10-30-20/h1-12,14H,13H2,(H,25,28)(H,26,29). The third kappa shape index (κ3) is 4.59. The monoisotopic (exact) mass is 420 g/mol. The first kappa shape index (κ1) is 19.5. The Hall–Kier alpha value is -3.84. The number of carbonyl (C=O) groups excluding carboxylic acids is 2. The molecule has 4 rings (SSSR count). The highest BCUT2D eigenvalue weighted by molar-refractivity contribution is 6.31. The van der Waals surface area contributed by atoms with Crippen LogP contribution in [0.3, 0.4) is 0 Å². The Balaban J connectivity index is 1.41. The highest BCUT2D eigenvalue weighted by Crippen LogP contribution is 2.18. The Bertz CT molecular complexity index is 1180. The van der Waals surface area contributed by atoms with Gasteiger partial charge < -0.3 is 15.1 Å². The Morgan fingerprint density at radius 2 is 1.73 bits per heavy atom. The molecule has 2 N–H and O–H groups in total. The number of amides is 2. The average molecular weight is 421 g/mol. The molecule has 8 heteroatoms. The van der Waals surface area contributed by atoms with E-state index in [2.05, 4.69) is 15.7 Å². The fraction of sp³-hybridized carbons (Fsp3) is 0.0455. The van der Waals surface area contributed by atoms with Crippen LogP contribution in [0.2, 0.25) is 5.02 Å². The van der Waals surface area contributed by atoms with Crippen molar-refractivity contribution in [2.45, 2.75) is 6.54 Å². The smallest absolute Gasteiger partial charge is 0.291 e. The van der Waals surface area contributed by atoms with Crippen molar-refractivity contribution in [2.24, 2.45) is 0 Å². The lowest BCUT2D eigenvalue weighted by atomic mass is 10.2. The summed E-state index contributed by atoms with van der Waals surface area (Å²) in [4.78, 5) is 24.7. The lowest BCUT2D eigenvalue weighted by molar-refractivity contribution is 0.0995. The summed E-state index contributed by atoms with van der Waals surface area (Å²) in [6, 6.07) is 17.5. The molecule has 0 saturated heterocycles. The Labute approximate surface area is 177 Å². The van der Waals surface area contributed by atoms with Crippen LogP contribution in [0.5, 0.6) is 0 Å². The van der Waals surface area contributed by atoms with E-state index in [0.29, 0.717) is 28.5 Å². The summed E-state index contributed by atoms with van der Waals surface area (Å²) in [6.45, 7) is 0.460. The van der Waals surface area contributed by atoms with Crippen LogP contribution in [0.15, 0.2) is 83.7 Å². The van der Waals surface area contributed by atoms with E-state index in [-0.39, 0.29) is 17.6 Å². The first-order chi connectivity index (χ1) is 14.6. The van der Waals surface area contributed by atoms with Crippen LogP contribution in [0, 0.1) is 0 Å². The van der Waals surface area contributed by atoms with Crippen LogP contribution in [0.1, 0.15) is 26.5 Å². The van der Waals surface area contributed by atoms with Crippen molar-refractivity contribution in [3.63, 3.8) is 0 Å². The van der Waals surface area contributed by atoms with Gasteiger partial charge in [-0.25, -0.2) is 0 Å². The summed E-state index contributed by atoms with van der Waals surface area (Å²) in [7, 11) is 0. The van der Waals surface area contributed by atoms with Gasteiger partial charge in [0.1, 0.15) is 0 Å². The summed E-state index contributed by atoms with van der Waals surface area (Å²) in [5, 5.41) is 10.4. The second kappa shape index (κ2) is 8.67. The number of furan rings is 1. The number of rotatable bonds is 6. The second-order valence-electron chi connectivity index (χ2n) is 6.48. The van der Waals surface area contributed by atoms with Crippen molar-refractivity contribution >= 4 is 34.8 Å². The molecular weight excluding hydrogens is 404 g/mol. The van der Waals surface area contributed by atoms with Crippen molar-refractivity contribution in [3.8, 4) is 0 Å². The molecule has 4 aromatic rings. The van der Waals surface area contributed by atoms with E-state index >= 15 is 0 Å². The molecule has 2 aromatic heterocycles. The maximum absolute atomic E-state index is 12.6. The third-order valence-corrected chi connectivity index (χ3v) is 4.68. The number of anilines is 2. The van der Waals surface area contributed by atoms with Crippen molar-refractivity contribution in [2.75, 3.05) is 10.6 Å². The number of nitrogens with one attached hydrogen (secondary N) is 2. The molecule has 2 amide bonds. The number of carbonyl (C=O) groups is 2. The van der Waals surface area contributed by atoms with Gasteiger partial charge in [0.25, 0.3) is 11.8 Å². The van der Waals surface area contributed by atoms with Crippen molar-refractivity contribution < 1.29 is 14.0 Å². The number of benzene rings is 2. The first-order valence-corrected chi connectivity index (χ1v) is 9.48. The van der Waals surface area contributed by atoms with Crippen LogP contribution >= 0.6 is 11.6 Å². The third-order valence-electron chi connectivity index (χ3n) is 4.31. The molecule has 0 unspecified atom stereocenters. The van der Waals surface area contributed by atoms with Crippen molar-refractivity contribution in [3.05, 3.63) is 101 Å². The quantitative estimate of drug-likeness (QED) is 0.474. The number of hydrogen-bond acceptors (Lipinski definition) is 4. The minimum absolute atomic E-state index is 0.204. The van der Waals surface area contributed by atoms with Crippen LogP contribution in [-0.2, 0) is 6.54 Å². The first-order valence-electron chi connectivity index (χ1n) is 9.10. The molecule has 2 aromatic carbocycles. The lowest BCUT2D eigenvalue weighted by Crippen LogP contribution is -2.13. The molecule has 0 aliphatic heterocycles. The highest BCUT2D eigenvalue weighted by atomic mass is 35.5. The summed E-state index contributed by atoms with van der Waals surface area (Å²) in [6.07, 6.45) is 4.58.